The van der Waals surface area contributed by atoms with Crippen LogP contribution < -0.4 is 4.74 Å². The summed E-state index contributed by atoms with van der Waals surface area (Å²) >= 11 is 0. The van der Waals surface area contributed by atoms with E-state index in [9.17, 15) is 9.59 Å². The Morgan fingerprint density at radius 1 is 1.21 bits per heavy atom. The molecule has 6 nitrogen and oxygen atoms in total. The van der Waals surface area contributed by atoms with Crippen LogP contribution in [0.3, 0.4) is 0 Å². The van der Waals surface area contributed by atoms with Gasteiger partial charge in [0.1, 0.15) is 11.5 Å². The summed E-state index contributed by atoms with van der Waals surface area (Å²) in [5, 5.41) is 10.2. The molecular formula is C22H29N3O3. The molecule has 0 aliphatic heterocycles. The maximum atomic E-state index is 12.5. The summed E-state index contributed by atoms with van der Waals surface area (Å²) in [5.41, 5.74) is 3.01. The van der Waals surface area contributed by atoms with Gasteiger partial charge >= 0.3 is 5.97 Å². The van der Waals surface area contributed by atoms with Crippen LogP contribution in [0.4, 0.5) is 5.69 Å². The van der Waals surface area contributed by atoms with Gasteiger partial charge in [-0.3, -0.25) is 14.6 Å². The molecule has 2 saturated carbocycles. The maximum Gasteiger partial charge on any atom is 0.308 e. The van der Waals surface area contributed by atoms with Crippen LogP contribution in [0.15, 0.2) is 22.5 Å². The second-order valence-corrected chi connectivity index (χ2v) is 8.94. The molecule has 28 heavy (non-hydrogen) atoms. The van der Waals surface area contributed by atoms with Gasteiger partial charge in [0.15, 0.2) is 5.75 Å². The summed E-state index contributed by atoms with van der Waals surface area (Å²) in [6.45, 7) is 3.60. The van der Waals surface area contributed by atoms with E-state index in [2.05, 4.69) is 23.3 Å². The van der Waals surface area contributed by atoms with E-state index in [1.165, 1.54) is 12.5 Å². The molecule has 150 valence electrons. The molecule has 3 aliphatic carbocycles. The summed E-state index contributed by atoms with van der Waals surface area (Å²) in [6, 6.07) is 3.97. The van der Waals surface area contributed by atoms with Gasteiger partial charge in [-0.05, 0) is 67.1 Å². The van der Waals surface area contributed by atoms with Crippen molar-refractivity contribution in [2.45, 2.75) is 58.3 Å². The molecule has 1 aromatic rings. The lowest BCUT2D eigenvalue weighted by Crippen LogP contribution is -2.42. The first-order valence-electron chi connectivity index (χ1n) is 10.3. The zero-order valence-corrected chi connectivity index (χ0v) is 17.2. The van der Waals surface area contributed by atoms with Crippen LogP contribution in [0.25, 0.3) is 0 Å². The smallest absolute Gasteiger partial charge is 0.308 e. The van der Waals surface area contributed by atoms with E-state index in [1.54, 1.807) is 5.01 Å². The predicted molar refractivity (Wildman–Crippen MR) is 106 cm³/mol. The van der Waals surface area contributed by atoms with Crippen molar-refractivity contribution in [3.05, 3.63) is 23.3 Å². The fourth-order valence-electron chi connectivity index (χ4n) is 5.88. The topological polar surface area (TPSA) is 71.3 Å². The Labute approximate surface area is 166 Å². The number of Topliss-reactive ketones (excluding diaryl/α,β-unsaturated/α-hetero) is 1. The Kier molecular flexibility index (Phi) is 4.76. The highest BCUT2D eigenvalue weighted by molar-refractivity contribution is 5.87. The molecule has 6 heteroatoms. The van der Waals surface area contributed by atoms with Crippen LogP contribution in [0, 0.1) is 17.3 Å². The van der Waals surface area contributed by atoms with E-state index in [1.807, 2.05) is 20.2 Å². The molecule has 2 fully saturated rings. The van der Waals surface area contributed by atoms with Crippen molar-refractivity contribution in [3.63, 3.8) is 0 Å². The third-order valence-corrected chi connectivity index (χ3v) is 7.13. The molecule has 1 aromatic carbocycles. The highest BCUT2D eigenvalue weighted by Gasteiger charge is 2.54. The number of fused-ring (bicyclic) bond motifs is 5. The van der Waals surface area contributed by atoms with E-state index in [4.69, 9.17) is 4.74 Å². The van der Waals surface area contributed by atoms with Crippen molar-refractivity contribution >= 4 is 17.4 Å². The third kappa shape index (κ3) is 3.03. The predicted octanol–water partition coefficient (Wildman–Crippen LogP) is 4.60. The first-order valence-corrected chi connectivity index (χ1v) is 10.3. The molecule has 3 aliphatic rings. The average molecular weight is 383 g/mol. The lowest BCUT2D eigenvalue weighted by Gasteiger charge is -2.48. The van der Waals surface area contributed by atoms with Crippen LogP contribution in [0.2, 0.25) is 0 Å². The van der Waals surface area contributed by atoms with Crippen LogP contribution in [0.1, 0.15) is 63.0 Å². The highest BCUT2D eigenvalue weighted by atomic mass is 16.5. The second kappa shape index (κ2) is 6.98. The number of hydrogen-bond donors (Lipinski definition) is 0. The molecule has 4 unspecified atom stereocenters. The number of ketones is 1. The highest BCUT2D eigenvalue weighted by Crippen LogP contribution is 2.60. The normalized spacial score (nSPS) is 31.3. The van der Waals surface area contributed by atoms with Gasteiger partial charge in [0, 0.05) is 32.9 Å². The molecule has 0 bridgehead atoms. The van der Waals surface area contributed by atoms with Gasteiger partial charge in [0.2, 0.25) is 0 Å². The first-order chi connectivity index (χ1) is 13.3. The third-order valence-electron chi connectivity index (χ3n) is 7.13. The van der Waals surface area contributed by atoms with E-state index in [0.717, 1.165) is 44.1 Å². The number of hydrogen-bond acceptors (Lipinski definition) is 5. The maximum absolute atomic E-state index is 12.5. The van der Waals surface area contributed by atoms with Crippen molar-refractivity contribution < 1.29 is 14.3 Å². The van der Waals surface area contributed by atoms with Crippen molar-refractivity contribution in [1.29, 1.82) is 0 Å². The van der Waals surface area contributed by atoms with E-state index >= 15 is 0 Å². The Hall–Kier alpha value is -2.24. The Morgan fingerprint density at radius 3 is 2.71 bits per heavy atom. The molecule has 0 amide bonds. The fraction of sp³-hybridized carbons (Fsp3) is 0.636. The lowest BCUT2D eigenvalue weighted by atomic mass is 9.55. The van der Waals surface area contributed by atoms with Crippen molar-refractivity contribution in [3.8, 4) is 5.75 Å². The minimum Gasteiger partial charge on any atom is -0.424 e. The number of rotatable bonds is 3. The quantitative estimate of drug-likeness (QED) is 0.331. The van der Waals surface area contributed by atoms with Gasteiger partial charge in [-0.2, -0.15) is 0 Å². The molecule has 0 saturated heterocycles. The number of carbonyl (C=O) groups is 2. The minimum atomic E-state index is -0.354. The second-order valence-electron chi connectivity index (χ2n) is 8.94. The molecule has 4 rings (SSSR count). The molecular weight excluding hydrogens is 354 g/mol. The number of ether oxygens (including phenoxy) is 1. The number of benzene rings is 1. The van der Waals surface area contributed by atoms with Crippen molar-refractivity contribution in [1.82, 2.24) is 5.01 Å². The van der Waals surface area contributed by atoms with Crippen molar-refractivity contribution in [2.24, 2.45) is 27.6 Å². The Balaban J connectivity index is 1.74. The van der Waals surface area contributed by atoms with Gasteiger partial charge in [0.05, 0.1) is 0 Å². The summed E-state index contributed by atoms with van der Waals surface area (Å²) in [4.78, 5) is 24.1. The monoisotopic (exact) mass is 383 g/mol. The molecule has 0 N–H and O–H groups in total. The lowest BCUT2D eigenvalue weighted by molar-refractivity contribution is -0.132. The molecule has 4 atom stereocenters. The van der Waals surface area contributed by atoms with Crippen LogP contribution >= 0.6 is 0 Å². The zero-order valence-electron chi connectivity index (χ0n) is 17.2. The SMILES string of the molecule is CC(=O)Oc1ccc2c(c1N=NN(C)C)CCC1C2CCC2(C)C(=O)CCC12. The van der Waals surface area contributed by atoms with E-state index in [-0.39, 0.29) is 11.4 Å². The molecule has 0 spiro atoms. The molecule has 0 aromatic heterocycles. The van der Waals surface area contributed by atoms with Crippen LogP contribution in [-0.4, -0.2) is 30.9 Å². The summed E-state index contributed by atoms with van der Waals surface area (Å²) in [7, 11) is 3.64. The zero-order chi connectivity index (χ0) is 20.1. The molecule has 0 heterocycles. The first kappa shape index (κ1) is 19.1. The van der Waals surface area contributed by atoms with E-state index in [0.29, 0.717) is 35.0 Å². The molecule has 0 radical (unpaired) electrons. The van der Waals surface area contributed by atoms with Crippen LogP contribution in [0.5, 0.6) is 5.75 Å². The standard InChI is InChI=1S/C22H29N3O3/c1-13(26)28-19-9-7-14-15-11-12-22(2)18(8-10-20(22)27)16(15)5-6-17(14)21(19)23-24-25(3)4/h7,9,15-16,18H,5-6,8,10-12H2,1-4H3. The Bertz CT molecular complexity index is 848. The Morgan fingerprint density at radius 2 is 2.00 bits per heavy atom. The largest absolute Gasteiger partial charge is 0.424 e. The number of carbonyl (C=O) groups excluding carboxylic acids is 2. The van der Waals surface area contributed by atoms with Gasteiger partial charge in [0.25, 0.3) is 0 Å². The van der Waals surface area contributed by atoms with Gasteiger partial charge in [-0.1, -0.05) is 18.2 Å². The van der Waals surface area contributed by atoms with E-state index < -0.39 is 0 Å². The van der Waals surface area contributed by atoms with Gasteiger partial charge in [-0.15, -0.1) is 5.11 Å². The summed E-state index contributed by atoms with van der Waals surface area (Å²) < 4.78 is 5.42. The number of nitrogens with zero attached hydrogens (tertiary/aromatic N) is 3. The minimum absolute atomic E-state index is 0.121. The number of esters is 1. The van der Waals surface area contributed by atoms with Crippen molar-refractivity contribution in [2.75, 3.05) is 14.1 Å². The van der Waals surface area contributed by atoms with Gasteiger partial charge < -0.3 is 4.74 Å². The fourth-order valence-corrected chi connectivity index (χ4v) is 5.88. The summed E-state index contributed by atoms with van der Waals surface area (Å²) in [6.07, 6.45) is 5.72. The van der Waals surface area contributed by atoms with Gasteiger partial charge in [-0.25, -0.2) is 0 Å². The summed E-state index contributed by atoms with van der Waals surface area (Å²) in [5.74, 6) is 2.09. The average Bonchev–Trinajstić information content (AvgIpc) is 2.94. The van der Waals surface area contributed by atoms with Crippen LogP contribution in [-0.2, 0) is 16.0 Å².